The molecule has 4 heterocycles. The Morgan fingerprint density at radius 3 is 2.26 bits per heavy atom. The van der Waals surface area contributed by atoms with Crippen LogP contribution in [0.2, 0.25) is 0 Å². The number of hydrogen-bond donors (Lipinski definition) is 0. The standard InChI is InChI=1S/C38H45N2O2/c1-25-28-19-29(35(2,3)4)21-31(25)32(26-11-15-39(9)16-12-26)22-30-23-38(36(5,6)7)24-34(37(30,8)41-42-38)33(20-28)27-13-17-40(10)18-14-27/h11-15,17-24H,16H2,1-10H3/q+1/b32-22-,33-20?. The summed E-state index contributed by atoms with van der Waals surface area (Å²) in [5.41, 5.74) is 10.4. The number of rotatable bonds is 2. The van der Waals surface area contributed by atoms with E-state index >= 15 is 0 Å². The summed E-state index contributed by atoms with van der Waals surface area (Å²) in [6.07, 6.45) is 20.4. The number of fused-ring (bicyclic) bond motifs is 3. The number of aryl methyl sites for hydroxylation is 1. The van der Waals surface area contributed by atoms with Gasteiger partial charge in [0.25, 0.3) is 0 Å². The van der Waals surface area contributed by atoms with Gasteiger partial charge in [-0.2, -0.15) is 0 Å². The molecule has 1 aromatic carbocycles. The summed E-state index contributed by atoms with van der Waals surface area (Å²) in [4.78, 5) is 15.1. The van der Waals surface area contributed by atoms with Crippen LogP contribution in [-0.4, -0.2) is 29.7 Å². The molecule has 2 aliphatic carbocycles. The molecule has 1 aromatic heterocycles. The molecule has 0 N–H and O–H groups in total. The summed E-state index contributed by atoms with van der Waals surface area (Å²) in [6.45, 7) is 18.9. The summed E-state index contributed by atoms with van der Waals surface area (Å²) >= 11 is 0. The quantitative estimate of drug-likeness (QED) is 0.276. The van der Waals surface area contributed by atoms with E-state index in [-0.39, 0.29) is 10.8 Å². The molecule has 0 fully saturated rings. The second kappa shape index (κ2) is 9.52. The normalized spacial score (nSPS) is 26.6. The van der Waals surface area contributed by atoms with Crippen LogP contribution < -0.4 is 4.57 Å². The fraction of sp³-hybridized carbons (Fsp3) is 0.395. The minimum Gasteiger partial charge on any atom is -0.377 e. The maximum absolute atomic E-state index is 6.52. The zero-order chi connectivity index (χ0) is 30.2. The Hall–Kier alpha value is -3.47. The van der Waals surface area contributed by atoms with Crippen LogP contribution in [0.25, 0.3) is 17.2 Å². The van der Waals surface area contributed by atoms with Crippen molar-refractivity contribution in [2.75, 3.05) is 13.6 Å². The average Bonchev–Trinajstić information content (AvgIpc) is 2.91. The second-order valence-electron chi connectivity index (χ2n) is 14.7. The van der Waals surface area contributed by atoms with E-state index in [0.29, 0.717) is 0 Å². The van der Waals surface area contributed by atoms with Crippen molar-refractivity contribution in [1.29, 1.82) is 0 Å². The number of hydrogen-bond acceptors (Lipinski definition) is 3. The van der Waals surface area contributed by atoms with Crippen molar-refractivity contribution in [3.63, 3.8) is 0 Å². The van der Waals surface area contributed by atoms with E-state index in [2.05, 4.69) is 158 Å². The molecular weight excluding hydrogens is 516 g/mol. The predicted molar refractivity (Wildman–Crippen MR) is 172 cm³/mol. The minimum atomic E-state index is -0.783. The molecule has 0 saturated heterocycles. The number of likely N-dealkylation sites (N-methyl/N-ethyl adjacent to an activating group) is 1. The lowest BCUT2D eigenvalue weighted by Gasteiger charge is -2.52. The van der Waals surface area contributed by atoms with Gasteiger partial charge in [0.15, 0.2) is 18.0 Å². The summed E-state index contributed by atoms with van der Waals surface area (Å²) in [5, 5.41) is 0. The van der Waals surface area contributed by atoms with Crippen molar-refractivity contribution >= 4 is 17.2 Å². The molecule has 0 radical (unpaired) electrons. The maximum Gasteiger partial charge on any atom is 0.169 e. The van der Waals surface area contributed by atoms with E-state index in [9.17, 15) is 0 Å². The highest BCUT2D eigenvalue weighted by Gasteiger charge is 2.56. The molecule has 6 bridgehead atoms. The third-order valence-electron chi connectivity index (χ3n) is 9.51. The number of pyridine rings is 1. The molecule has 2 unspecified atom stereocenters. The van der Waals surface area contributed by atoms with Crippen LogP contribution in [0.5, 0.6) is 0 Å². The molecule has 0 saturated carbocycles. The molecule has 218 valence electrons. The minimum absolute atomic E-state index is 0.00930. The zero-order valence-corrected chi connectivity index (χ0v) is 26.9. The molecule has 3 aliphatic heterocycles. The van der Waals surface area contributed by atoms with Crippen molar-refractivity contribution < 1.29 is 14.3 Å². The van der Waals surface area contributed by atoms with Crippen LogP contribution in [0, 0.1) is 12.3 Å². The first-order valence-electron chi connectivity index (χ1n) is 15.1. The summed E-state index contributed by atoms with van der Waals surface area (Å²) < 4.78 is 2.08. The van der Waals surface area contributed by atoms with Gasteiger partial charge in [0.05, 0.1) is 0 Å². The average molecular weight is 562 g/mol. The molecule has 0 amide bonds. The summed E-state index contributed by atoms with van der Waals surface area (Å²) in [5.74, 6) is 0. The van der Waals surface area contributed by atoms with Crippen LogP contribution >= 0.6 is 0 Å². The van der Waals surface area contributed by atoms with E-state index < -0.39 is 11.2 Å². The van der Waals surface area contributed by atoms with Gasteiger partial charge in [-0.25, -0.2) is 14.3 Å². The van der Waals surface area contributed by atoms with Gasteiger partial charge in [-0.3, -0.25) is 0 Å². The molecule has 4 heteroatoms. The largest absolute Gasteiger partial charge is 0.377 e. The first-order valence-corrected chi connectivity index (χ1v) is 15.1. The maximum atomic E-state index is 6.52. The molecule has 7 rings (SSSR count). The third kappa shape index (κ3) is 4.56. The third-order valence-corrected chi connectivity index (χ3v) is 9.51. The highest BCUT2D eigenvalue weighted by Crippen LogP contribution is 2.56. The zero-order valence-electron chi connectivity index (χ0n) is 26.9. The molecule has 5 aliphatic rings. The van der Waals surface area contributed by atoms with E-state index in [1.807, 2.05) is 0 Å². The Bertz CT molecular complexity index is 1650. The van der Waals surface area contributed by atoms with Gasteiger partial charge in [0.2, 0.25) is 0 Å². The molecule has 2 aromatic rings. The SMILES string of the molecule is Cc1c2cc(C(C)(C)C)cc1/C(C1=CCN(C)C=C1)=C\C1=CC3(C(C)(C)C)C=C(C(c4cc[n+](C)cc4)=C2)C1(C)OO3. The van der Waals surface area contributed by atoms with Gasteiger partial charge >= 0.3 is 0 Å². The van der Waals surface area contributed by atoms with E-state index in [1.54, 1.807) is 0 Å². The first kappa shape index (κ1) is 28.6. The van der Waals surface area contributed by atoms with Crippen molar-refractivity contribution in [1.82, 2.24) is 4.90 Å². The number of benzene rings is 1. The van der Waals surface area contributed by atoms with Gasteiger partial charge in [-0.15, -0.1) is 0 Å². The monoisotopic (exact) mass is 561 g/mol. The molecule has 0 spiro atoms. The Kier molecular flexibility index (Phi) is 6.49. The van der Waals surface area contributed by atoms with Gasteiger partial charge in [-0.05, 0) is 112 Å². The van der Waals surface area contributed by atoms with E-state index in [1.165, 1.54) is 33.4 Å². The first-order chi connectivity index (χ1) is 19.6. The second-order valence-corrected chi connectivity index (χ2v) is 14.7. The van der Waals surface area contributed by atoms with Crippen LogP contribution in [0.1, 0.15) is 76.3 Å². The van der Waals surface area contributed by atoms with Crippen molar-refractivity contribution in [3.05, 3.63) is 118 Å². The summed E-state index contributed by atoms with van der Waals surface area (Å²) in [6, 6.07) is 9.21. The lowest BCUT2D eigenvalue weighted by molar-refractivity contribution is -0.671. The number of aromatic nitrogens is 1. The Morgan fingerprint density at radius 2 is 1.64 bits per heavy atom. The lowest BCUT2D eigenvalue weighted by Crippen LogP contribution is -2.55. The van der Waals surface area contributed by atoms with Crippen LogP contribution in [0.3, 0.4) is 0 Å². The topological polar surface area (TPSA) is 25.6 Å². The molecule has 4 nitrogen and oxygen atoms in total. The predicted octanol–water partition coefficient (Wildman–Crippen LogP) is 7.81. The van der Waals surface area contributed by atoms with Crippen molar-refractivity contribution in [2.24, 2.45) is 12.5 Å². The van der Waals surface area contributed by atoms with Crippen LogP contribution in [0.4, 0.5) is 0 Å². The highest BCUT2D eigenvalue weighted by atomic mass is 17.2. The van der Waals surface area contributed by atoms with Crippen molar-refractivity contribution in [2.45, 2.75) is 72.0 Å². The molecule has 2 atom stereocenters. The Morgan fingerprint density at radius 1 is 0.929 bits per heavy atom. The fourth-order valence-electron chi connectivity index (χ4n) is 6.29. The highest BCUT2D eigenvalue weighted by molar-refractivity contribution is 5.97. The summed E-state index contributed by atoms with van der Waals surface area (Å²) in [7, 11) is 4.17. The van der Waals surface area contributed by atoms with Gasteiger partial charge in [0.1, 0.15) is 12.6 Å². The van der Waals surface area contributed by atoms with E-state index in [0.717, 1.165) is 28.8 Å². The van der Waals surface area contributed by atoms with Gasteiger partial charge in [0, 0.05) is 31.1 Å². The molecular formula is C38H45N2O2+. The van der Waals surface area contributed by atoms with Crippen LogP contribution in [-0.2, 0) is 22.2 Å². The van der Waals surface area contributed by atoms with Crippen molar-refractivity contribution in [3.8, 4) is 0 Å². The Labute approximate surface area is 252 Å². The van der Waals surface area contributed by atoms with Crippen LogP contribution in [0.15, 0.2) is 90.0 Å². The number of allylic oxidation sites excluding steroid dienone is 3. The number of nitrogens with zero attached hydrogens (tertiary/aromatic N) is 2. The molecule has 42 heavy (non-hydrogen) atoms. The smallest absolute Gasteiger partial charge is 0.169 e. The van der Waals surface area contributed by atoms with Gasteiger partial charge < -0.3 is 4.90 Å². The van der Waals surface area contributed by atoms with Gasteiger partial charge in [-0.1, -0.05) is 59.8 Å². The Balaban J connectivity index is 1.75. The van der Waals surface area contributed by atoms with E-state index in [4.69, 9.17) is 9.78 Å². The fourth-order valence-corrected chi connectivity index (χ4v) is 6.29. The lowest BCUT2D eigenvalue weighted by atomic mass is 9.64.